The normalized spacial score (nSPS) is 16.4. The first-order valence-electron chi connectivity index (χ1n) is 9.80. The number of H-pyrrole nitrogens is 1. The summed E-state index contributed by atoms with van der Waals surface area (Å²) in [6, 6.07) is 7.17. The number of nitrogens with zero attached hydrogens (tertiary/aromatic N) is 3. The van der Waals surface area contributed by atoms with Crippen molar-refractivity contribution in [3.05, 3.63) is 57.5 Å². The van der Waals surface area contributed by atoms with Gasteiger partial charge in [-0.1, -0.05) is 17.3 Å². The Morgan fingerprint density at radius 2 is 2.14 bits per heavy atom. The van der Waals surface area contributed by atoms with Crippen molar-refractivity contribution < 1.29 is 14.1 Å². The molecule has 2 aromatic heterocycles. The first kappa shape index (κ1) is 19.3. The molecule has 0 radical (unpaired) electrons. The standard InChI is InChI=1S/C21H24N4O4/c1-13-17(14(2)29-24-13)10-20(26)25(11-15-6-5-9-28-15)12-19-22-18-8-4-3-7-16(18)21(27)23-19/h3-4,7-8,15H,5-6,9-12H2,1-2H3,(H,22,23,27)/t15-/m0/s1. The van der Waals surface area contributed by atoms with Crippen LogP contribution in [0.5, 0.6) is 0 Å². The van der Waals surface area contributed by atoms with Crippen LogP contribution in [0.4, 0.5) is 0 Å². The van der Waals surface area contributed by atoms with Gasteiger partial charge in [-0.25, -0.2) is 4.98 Å². The Labute approximate surface area is 167 Å². The maximum absolute atomic E-state index is 13.1. The highest BCUT2D eigenvalue weighted by Crippen LogP contribution is 2.18. The van der Waals surface area contributed by atoms with E-state index < -0.39 is 0 Å². The molecule has 152 valence electrons. The number of carbonyl (C=O) groups excluding carboxylic acids is 1. The minimum absolute atomic E-state index is 0.00389. The third-order valence-corrected chi connectivity index (χ3v) is 5.31. The zero-order valence-corrected chi connectivity index (χ0v) is 16.6. The highest BCUT2D eigenvalue weighted by molar-refractivity contribution is 5.79. The first-order valence-corrected chi connectivity index (χ1v) is 9.80. The molecular weight excluding hydrogens is 372 g/mol. The molecule has 1 N–H and O–H groups in total. The number of hydrogen-bond donors (Lipinski definition) is 1. The summed E-state index contributed by atoms with van der Waals surface area (Å²) in [5.74, 6) is 1.02. The lowest BCUT2D eigenvalue weighted by molar-refractivity contribution is -0.132. The second-order valence-corrected chi connectivity index (χ2v) is 7.42. The van der Waals surface area contributed by atoms with Gasteiger partial charge >= 0.3 is 0 Å². The molecule has 29 heavy (non-hydrogen) atoms. The number of nitrogens with one attached hydrogen (secondary N) is 1. The highest BCUT2D eigenvalue weighted by Gasteiger charge is 2.25. The van der Waals surface area contributed by atoms with Crippen LogP contribution in [0.15, 0.2) is 33.6 Å². The topological polar surface area (TPSA) is 101 Å². The summed E-state index contributed by atoms with van der Waals surface area (Å²) in [6.07, 6.45) is 2.08. The number of aromatic nitrogens is 3. The van der Waals surface area contributed by atoms with Gasteiger partial charge in [0.05, 0.1) is 35.7 Å². The molecule has 8 nitrogen and oxygen atoms in total. The van der Waals surface area contributed by atoms with Crippen LogP contribution in [-0.4, -0.2) is 45.2 Å². The van der Waals surface area contributed by atoms with E-state index in [2.05, 4.69) is 15.1 Å². The van der Waals surface area contributed by atoms with Crippen molar-refractivity contribution in [2.75, 3.05) is 13.2 Å². The lowest BCUT2D eigenvalue weighted by Crippen LogP contribution is -2.38. The number of para-hydroxylation sites is 1. The van der Waals surface area contributed by atoms with Crippen LogP contribution in [0.3, 0.4) is 0 Å². The average Bonchev–Trinajstić information content (AvgIpc) is 3.33. The number of amides is 1. The van der Waals surface area contributed by atoms with Crippen molar-refractivity contribution in [1.29, 1.82) is 0 Å². The molecule has 0 saturated carbocycles. The maximum Gasteiger partial charge on any atom is 0.258 e. The van der Waals surface area contributed by atoms with E-state index in [9.17, 15) is 9.59 Å². The maximum atomic E-state index is 13.1. The van der Waals surface area contributed by atoms with Gasteiger partial charge in [-0.3, -0.25) is 9.59 Å². The average molecular weight is 396 g/mol. The molecule has 0 spiro atoms. The minimum atomic E-state index is -0.208. The second kappa shape index (κ2) is 8.16. The fraction of sp³-hybridized carbons (Fsp3) is 0.429. The predicted octanol–water partition coefficient (Wildman–Crippen LogP) is 2.28. The number of aryl methyl sites for hydroxylation is 2. The Bertz CT molecular complexity index is 1060. The van der Waals surface area contributed by atoms with Gasteiger partial charge in [0.15, 0.2) is 0 Å². The lowest BCUT2D eigenvalue weighted by Gasteiger charge is -2.25. The molecule has 1 aliphatic heterocycles. The Balaban J connectivity index is 1.60. The van der Waals surface area contributed by atoms with Gasteiger partial charge in [-0.15, -0.1) is 0 Å². The smallest absolute Gasteiger partial charge is 0.258 e. The van der Waals surface area contributed by atoms with E-state index in [1.54, 1.807) is 30.0 Å². The quantitative estimate of drug-likeness (QED) is 0.686. The summed E-state index contributed by atoms with van der Waals surface area (Å²) in [5.41, 5.74) is 1.92. The fourth-order valence-electron chi connectivity index (χ4n) is 3.70. The second-order valence-electron chi connectivity index (χ2n) is 7.42. The van der Waals surface area contributed by atoms with Crippen molar-refractivity contribution in [1.82, 2.24) is 20.0 Å². The third kappa shape index (κ3) is 4.22. The number of rotatable bonds is 6. The lowest BCUT2D eigenvalue weighted by atomic mass is 10.1. The van der Waals surface area contributed by atoms with Crippen LogP contribution in [0, 0.1) is 13.8 Å². The van der Waals surface area contributed by atoms with Crippen LogP contribution < -0.4 is 5.56 Å². The summed E-state index contributed by atoms with van der Waals surface area (Å²) < 4.78 is 10.9. The Hall–Kier alpha value is -3.00. The minimum Gasteiger partial charge on any atom is -0.376 e. The molecule has 4 rings (SSSR count). The third-order valence-electron chi connectivity index (χ3n) is 5.31. The summed E-state index contributed by atoms with van der Waals surface area (Å²) in [5, 5.41) is 4.46. The van der Waals surface area contributed by atoms with Crippen molar-refractivity contribution >= 4 is 16.8 Å². The molecule has 8 heteroatoms. The predicted molar refractivity (Wildman–Crippen MR) is 106 cm³/mol. The van der Waals surface area contributed by atoms with Gasteiger partial charge in [0.25, 0.3) is 5.56 Å². The van der Waals surface area contributed by atoms with Crippen LogP contribution in [0.25, 0.3) is 10.9 Å². The van der Waals surface area contributed by atoms with Gasteiger partial charge in [0, 0.05) is 18.7 Å². The van der Waals surface area contributed by atoms with Gasteiger partial charge in [-0.2, -0.15) is 0 Å². The van der Waals surface area contributed by atoms with Crippen molar-refractivity contribution in [2.24, 2.45) is 0 Å². The van der Waals surface area contributed by atoms with Crippen molar-refractivity contribution in [3.8, 4) is 0 Å². The van der Waals surface area contributed by atoms with Crippen molar-refractivity contribution in [2.45, 2.75) is 45.8 Å². The summed E-state index contributed by atoms with van der Waals surface area (Å²) in [6.45, 7) is 5.00. The largest absolute Gasteiger partial charge is 0.376 e. The van der Waals surface area contributed by atoms with E-state index in [1.165, 1.54) is 0 Å². The molecule has 0 unspecified atom stereocenters. The molecule has 1 atom stereocenters. The van der Waals surface area contributed by atoms with E-state index in [0.717, 1.165) is 18.4 Å². The molecule has 1 aliphatic rings. The molecule has 0 bridgehead atoms. The highest BCUT2D eigenvalue weighted by atomic mass is 16.5. The molecule has 1 saturated heterocycles. The number of aromatic amines is 1. The summed E-state index contributed by atoms with van der Waals surface area (Å²) in [4.78, 5) is 34.6. The summed E-state index contributed by atoms with van der Waals surface area (Å²) >= 11 is 0. The Morgan fingerprint density at radius 3 is 2.86 bits per heavy atom. The molecule has 3 heterocycles. The number of hydrogen-bond acceptors (Lipinski definition) is 6. The molecule has 1 amide bonds. The Morgan fingerprint density at radius 1 is 1.31 bits per heavy atom. The molecule has 1 fully saturated rings. The molecular formula is C21H24N4O4. The van der Waals surface area contributed by atoms with Crippen LogP contribution in [0.1, 0.15) is 35.7 Å². The number of benzene rings is 1. The number of carbonyl (C=O) groups is 1. The Kier molecular flexibility index (Phi) is 5.44. The van der Waals surface area contributed by atoms with Crippen LogP contribution >= 0.6 is 0 Å². The molecule has 0 aliphatic carbocycles. The van der Waals surface area contributed by atoms with Crippen molar-refractivity contribution in [3.63, 3.8) is 0 Å². The van der Waals surface area contributed by atoms with Gasteiger partial charge in [0.1, 0.15) is 11.6 Å². The number of fused-ring (bicyclic) bond motifs is 1. The van der Waals surface area contributed by atoms with E-state index in [0.29, 0.717) is 41.3 Å². The van der Waals surface area contributed by atoms with Gasteiger partial charge in [0.2, 0.25) is 5.91 Å². The monoisotopic (exact) mass is 396 g/mol. The molecule has 3 aromatic rings. The van der Waals surface area contributed by atoms with Crippen LogP contribution in [-0.2, 0) is 22.5 Å². The van der Waals surface area contributed by atoms with E-state index in [4.69, 9.17) is 9.26 Å². The zero-order chi connectivity index (χ0) is 20.4. The van der Waals surface area contributed by atoms with E-state index >= 15 is 0 Å². The number of ether oxygens (including phenoxy) is 1. The molecule has 1 aromatic carbocycles. The first-order chi connectivity index (χ1) is 14.0. The van der Waals surface area contributed by atoms with Crippen LogP contribution in [0.2, 0.25) is 0 Å². The SMILES string of the molecule is Cc1noc(C)c1CC(=O)N(Cc1nc2ccccc2c(=O)[nH]1)C[C@@H]1CCCO1. The zero-order valence-electron chi connectivity index (χ0n) is 16.6. The fourth-order valence-corrected chi connectivity index (χ4v) is 3.70. The summed E-state index contributed by atoms with van der Waals surface area (Å²) in [7, 11) is 0. The van der Waals surface area contributed by atoms with Gasteiger partial charge in [-0.05, 0) is 38.8 Å². The van der Waals surface area contributed by atoms with E-state index in [-0.39, 0.29) is 30.5 Å². The van der Waals surface area contributed by atoms with Gasteiger partial charge < -0.3 is 19.1 Å². The van der Waals surface area contributed by atoms with E-state index in [1.807, 2.05) is 13.0 Å².